The van der Waals surface area contributed by atoms with Gasteiger partial charge in [-0.3, -0.25) is 0 Å². The monoisotopic (exact) mass is 348 g/mol. The number of carboxylic acid groups (broad SMARTS) is 4. The zero-order valence-electron chi connectivity index (χ0n) is 13.4. The molecule has 0 unspecified atom stereocenters. The van der Waals surface area contributed by atoms with Gasteiger partial charge >= 0.3 is 23.9 Å². The van der Waals surface area contributed by atoms with Gasteiger partial charge in [0.05, 0.1) is 0 Å². The van der Waals surface area contributed by atoms with E-state index in [4.69, 9.17) is 25.5 Å². The van der Waals surface area contributed by atoms with Gasteiger partial charge in [0.15, 0.2) is 0 Å². The fourth-order valence-electron chi connectivity index (χ4n) is 0. The van der Waals surface area contributed by atoms with Crippen LogP contribution < -0.4 is 0 Å². The minimum Gasteiger partial charge on any atom is -0.478 e. The highest BCUT2D eigenvalue weighted by Crippen LogP contribution is 1.61. The smallest absolute Gasteiger partial charge is 0.327 e. The molecule has 0 atom stereocenters. The molecule has 0 saturated heterocycles. The van der Waals surface area contributed by atoms with Crippen LogP contribution in [-0.4, -0.2) is 56.0 Å². The number of aliphatic hydroxyl groups is 1. The van der Waals surface area contributed by atoms with Crippen LogP contribution in [0.5, 0.6) is 0 Å². The zero-order valence-corrected chi connectivity index (χ0v) is 13.4. The van der Waals surface area contributed by atoms with Gasteiger partial charge in [-0.1, -0.05) is 33.2 Å². The number of hydrogen-bond donors (Lipinski definition) is 5. The normalized spacial score (nSPS) is 6.58. The predicted octanol–water partition coefficient (Wildman–Crippen LogP) is 1.42. The van der Waals surface area contributed by atoms with E-state index in [-0.39, 0.29) is 0 Å². The van der Waals surface area contributed by atoms with Gasteiger partial charge in [0.2, 0.25) is 0 Å². The van der Waals surface area contributed by atoms with E-state index >= 15 is 0 Å². The van der Waals surface area contributed by atoms with Gasteiger partial charge in [0.1, 0.15) is 0 Å². The lowest BCUT2D eigenvalue weighted by molar-refractivity contribution is -0.132. The molecule has 0 aliphatic rings. The van der Waals surface area contributed by atoms with E-state index in [9.17, 15) is 19.2 Å². The van der Waals surface area contributed by atoms with Crippen LogP contribution in [0.15, 0.2) is 50.6 Å². The largest absolute Gasteiger partial charge is 0.478 e. The van der Waals surface area contributed by atoms with Gasteiger partial charge in [-0.2, -0.15) is 0 Å². The summed E-state index contributed by atoms with van der Waals surface area (Å²) in [6.07, 6.45) is 4.21. The molecule has 0 aliphatic heterocycles. The first-order valence-electron chi connectivity index (χ1n) is 6.02. The van der Waals surface area contributed by atoms with Crippen molar-refractivity contribution < 1.29 is 44.7 Å². The van der Waals surface area contributed by atoms with Gasteiger partial charge in [-0.25, -0.2) is 19.2 Å². The molecule has 5 N–H and O–H groups in total. The van der Waals surface area contributed by atoms with Crippen molar-refractivity contribution in [3.05, 3.63) is 50.6 Å². The summed E-state index contributed by atoms with van der Waals surface area (Å²) in [5.41, 5.74) is 0. The van der Waals surface area contributed by atoms with Gasteiger partial charge in [0.25, 0.3) is 0 Å². The molecule has 24 heavy (non-hydrogen) atoms. The average molecular weight is 348 g/mol. The van der Waals surface area contributed by atoms with E-state index in [1.165, 1.54) is 0 Å². The summed E-state index contributed by atoms with van der Waals surface area (Å²) in [6, 6.07) is 0. The summed E-state index contributed by atoms with van der Waals surface area (Å²) in [7, 11) is 0. The Bertz CT molecular complexity index is 324. The topological polar surface area (TPSA) is 169 Å². The molecular formula is C15H24O9. The van der Waals surface area contributed by atoms with Crippen molar-refractivity contribution >= 4 is 23.9 Å². The summed E-state index contributed by atoms with van der Waals surface area (Å²) >= 11 is 0. The van der Waals surface area contributed by atoms with Crippen molar-refractivity contribution in [2.75, 3.05) is 6.61 Å². The lowest BCUT2D eigenvalue weighted by Gasteiger charge is -1.69. The number of hydrogen-bond acceptors (Lipinski definition) is 5. The minimum atomic E-state index is -0.981. The third kappa shape index (κ3) is 177. The van der Waals surface area contributed by atoms with Crippen molar-refractivity contribution in [3.63, 3.8) is 0 Å². The summed E-state index contributed by atoms with van der Waals surface area (Å²) in [6.45, 7) is 14.1. The molecule has 0 heterocycles. The van der Waals surface area contributed by atoms with Gasteiger partial charge in [-0.05, 0) is 6.42 Å². The number of rotatable bonds is 5. The molecule has 0 radical (unpaired) electrons. The summed E-state index contributed by atoms with van der Waals surface area (Å²) in [4.78, 5) is 37.0. The number of carbonyl (C=O) groups is 4. The standard InChI is InChI=1S/4C3H4O2.C3H8O/c4*1-2-3(4)5;1-2-3-4/h4*2H,1H2,(H,4,5);4H,2-3H2,1H3. The van der Waals surface area contributed by atoms with E-state index in [2.05, 4.69) is 26.3 Å². The second kappa shape index (κ2) is 31.9. The first kappa shape index (κ1) is 32.7. The summed E-state index contributed by atoms with van der Waals surface area (Å²) < 4.78 is 0. The van der Waals surface area contributed by atoms with E-state index in [1.54, 1.807) is 0 Å². The third-order valence-corrected chi connectivity index (χ3v) is 0.922. The van der Waals surface area contributed by atoms with Crippen molar-refractivity contribution in [1.29, 1.82) is 0 Å². The highest BCUT2D eigenvalue weighted by atomic mass is 16.4. The second-order valence-corrected chi connectivity index (χ2v) is 2.89. The van der Waals surface area contributed by atoms with Crippen LogP contribution in [0.4, 0.5) is 0 Å². The molecule has 0 aromatic heterocycles. The Morgan fingerprint density at radius 1 is 0.667 bits per heavy atom. The van der Waals surface area contributed by atoms with Crippen LogP contribution in [0, 0.1) is 0 Å². The third-order valence-electron chi connectivity index (χ3n) is 0.922. The molecule has 0 saturated carbocycles. The Morgan fingerprint density at radius 3 is 0.750 bits per heavy atom. The maximum atomic E-state index is 9.25. The quantitative estimate of drug-likeness (QED) is 0.461. The molecular weight excluding hydrogens is 324 g/mol. The summed E-state index contributed by atoms with van der Waals surface area (Å²) in [5.74, 6) is -3.93. The lowest BCUT2D eigenvalue weighted by Crippen LogP contribution is -1.82. The molecule has 0 aliphatic carbocycles. The molecule has 9 heteroatoms. The predicted molar refractivity (Wildman–Crippen MR) is 88.7 cm³/mol. The van der Waals surface area contributed by atoms with Crippen LogP contribution in [0.1, 0.15) is 13.3 Å². The maximum absolute atomic E-state index is 9.25. The average Bonchev–Trinajstić information content (AvgIpc) is 2.56. The second-order valence-electron chi connectivity index (χ2n) is 2.89. The molecule has 0 bridgehead atoms. The molecule has 0 aromatic rings. The molecule has 0 rings (SSSR count). The Hall–Kier alpha value is -3.20. The maximum Gasteiger partial charge on any atom is 0.327 e. The highest BCUT2D eigenvalue weighted by molar-refractivity contribution is 5.79. The van der Waals surface area contributed by atoms with Gasteiger partial charge < -0.3 is 25.5 Å². The van der Waals surface area contributed by atoms with Crippen molar-refractivity contribution in [2.24, 2.45) is 0 Å². The summed E-state index contributed by atoms with van der Waals surface area (Å²) in [5, 5.41) is 38.3. The van der Waals surface area contributed by atoms with Crippen molar-refractivity contribution in [1.82, 2.24) is 0 Å². The number of carboxylic acids is 4. The molecule has 0 fully saturated rings. The van der Waals surface area contributed by atoms with Crippen LogP contribution in [0.3, 0.4) is 0 Å². The van der Waals surface area contributed by atoms with Crippen molar-refractivity contribution in [3.8, 4) is 0 Å². The Morgan fingerprint density at radius 2 is 0.750 bits per heavy atom. The number of aliphatic hydroxyl groups excluding tert-OH is 1. The Balaban J connectivity index is -0.0000000628. The fourth-order valence-corrected chi connectivity index (χ4v) is 0. The molecule has 138 valence electrons. The van der Waals surface area contributed by atoms with Gasteiger partial charge in [0, 0.05) is 30.9 Å². The van der Waals surface area contributed by atoms with Crippen molar-refractivity contribution in [2.45, 2.75) is 13.3 Å². The lowest BCUT2D eigenvalue weighted by atomic mass is 10.5. The van der Waals surface area contributed by atoms with E-state index in [1.807, 2.05) is 6.92 Å². The van der Waals surface area contributed by atoms with E-state index < -0.39 is 23.9 Å². The first-order valence-corrected chi connectivity index (χ1v) is 6.02. The molecule has 0 amide bonds. The highest BCUT2D eigenvalue weighted by Gasteiger charge is 1.74. The van der Waals surface area contributed by atoms with E-state index in [0.29, 0.717) is 6.61 Å². The van der Waals surface area contributed by atoms with E-state index in [0.717, 1.165) is 30.7 Å². The Kier molecular flexibility index (Phi) is 43.5. The number of aliphatic carboxylic acids is 4. The molecule has 0 aromatic carbocycles. The van der Waals surface area contributed by atoms with Crippen LogP contribution in [0.25, 0.3) is 0 Å². The minimum absolute atomic E-state index is 0.319. The van der Waals surface area contributed by atoms with Crippen LogP contribution >= 0.6 is 0 Å². The van der Waals surface area contributed by atoms with Gasteiger partial charge in [-0.15, -0.1) is 0 Å². The Labute approximate surface area is 140 Å². The zero-order chi connectivity index (χ0) is 20.6. The van der Waals surface area contributed by atoms with Crippen LogP contribution in [-0.2, 0) is 19.2 Å². The molecule has 9 nitrogen and oxygen atoms in total. The first-order chi connectivity index (χ1) is 11.0. The fraction of sp³-hybridized carbons (Fsp3) is 0.200. The SMILES string of the molecule is C=CC(=O)O.C=CC(=O)O.C=CC(=O)O.C=CC(=O)O.CCCO. The molecule has 0 spiro atoms. The van der Waals surface area contributed by atoms with Crippen LogP contribution in [0.2, 0.25) is 0 Å².